The molecule has 0 aromatic carbocycles. The van der Waals surface area contributed by atoms with Crippen LogP contribution in [-0.4, -0.2) is 30.3 Å². The van der Waals surface area contributed by atoms with Crippen LogP contribution in [0.5, 0.6) is 0 Å². The zero-order chi connectivity index (χ0) is 12.5. The average Bonchev–Trinajstić information content (AvgIpc) is 2.98. The van der Waals surface area contributed by atoms with Gasteiger partial charge < -0.3 is 15.4 Å². The second-order valence-electron chi connectivity index (χ2n) is 6.21. The Bertz CT molecular complexity index is 282. The molecule has 1 heterocycles. The molecule has 0 radical (unpaired) electrons. The normalized spacial score (nSPS) is 29.8. The molecule has 4 heteroatoms. The molecule has 1 amide bonds. The summed E-state index contributed by atoms with van der Waals surface area (Å²) in [6.07, 6.45) is 4.50. The summed E-state index contributed by atoms with van der Waals surface area (Å²) in [5.74, 6) is 0.759. The molecule has 2 N–H and O–H groups in total. The third kappa shape index (κ3) is 3.87. The van der Waals surface area contributed by atoms with Gasteiger partial charge in [-0.1, -0.05) is 0 Å². The molecule has 2 fully saturated rings. The summed E-state index contributed by atoms with van der Waals surface area (Å²) in [4.78, 5) is 11.8. The highest BCUT2D eigenvalue weighted by molar-refractivity contribution is 5.68. The third-order valence-corrected chi connectivity index (χ3v) is 3.34. The predicted octanol–water partition coefficient (Wildman–Crippen LogP) is 2.04. The third-order valence-electron chi connectivity index (χ3n) is 3.34. The summed E-state index contributed by atoms with van der Waals surface area (Å²) >= 11 is 0. The predicted molar refractivity (Wildman–Crippen MR) is 66.9 cm³/mol. The highest BCUT2D eigenvalue weighted by atomic mass is 16.6. The van der Waals surface area contributed by atoms with Crippen LogP contribution in [0, 0.1) is 5.92 Å². The van der Waals surface area contributed by atoms with E-state index in [1.54, 1.807) is 0 Å². The minimum Gasteiger partial charge on any atom is -0.444 e. The Kier molecular flexibility index (Phi) is 3.61. The molecule has 0 aromatic rings. The molecule has 2 rings (SSSR count). The topological polar surface area (TPSA) is 50.4 Å². The number of hydrogen-bond donors (Lipinski definition) is 2. The first-order valence-electron chi connectivity index (χ1n) is 6.68. The van der Waals surface area contributed by atoms with Crippen molar-refractivity contribution in [3.05, 3.63) is 0 Å². The number of hydrogen-bond acceptors (Lipinski definition) is 3. The quantitative estimate of drug-likeness (QED) is 0.776. The van der Waals surface area contributed by atoms with Crippen molar-refractivity contribution in [1.29, 1.82) is 0 Å². The molecule has 1 saturated carbocycles. The van der Waals surface area contributed by atoms with E-state index in [1.807, 2.05) is 20.8 Å². The van der Waals surface area contributed by atoms with Gasteiger partial charge in [-0.25, -0.2) is 4.79 Å². The maximum atomic E-state index is 11.8. The first-order valence-corrected chi connectivity index (χ1v) is 6.68. The van der Waals surface area contributed by atoms with Gasteiger partial charge in [0.05, 0.1) is 0 Å². The number of alkyl carbamates (subject to hydrolysis) is 1. The lowest BCUT2D eigenvalue weighted by Gasteiger charge is -2.34. The first kappa shape index (κ1) is 12.7. The van der Waals surface area contributed by atoms with Gasteiger partial charge in [-0.05, 0) is 58.9 Å². The van der Waals surface area contributed by atoms with E-state index in [1.165, 1.54) is 12.8 Å². The van der Waals surface area contributed by atoms with Crippen LogP contribution in [0.2, 0.25) is 0 Å². The molecule has 17 heavy (non-hydrogen) atoms. The van der Waals surface area contributed by atoms with Crippen molar-refractivity contribution in [3.8, 4) is 0 Å². The van der Waals surface area contributed by atoms with Crippen molar-refractivity contribution in [3.63, 3.8) is 0 Å². The Morgan fingerprint density at radius 2 is 2.00 bits per heavy atom. The maximum Gasteiger partial charge on any atom is 0.407 e. The number of nitrogens with one attached hydrogen (secondary N) is 2. The molecule has 2 unspecified atom stereocenters. The van der Waals surface area contributed by atoms with Crippen molar-refractivity contribution in [2.45, 2.75) is 64.1 Å². The van der Waals surface area contributed by atoms with Crippen LogP contribution in [0.3, 0.4) is 0 Å². The monoisotopic (exact) mass is 240 g/mol. The molecule has 1 aliphatic heterocycles. The molecule has 1 saturated heterocycles. The fraction of sp³-hybridized carbons (Fsp3) is 0.923. The van der Waals surface area contributed by atoms with Gasteiger partial charge >= 0.3 is 6.09 Å². The van der Waals surface area contributed by atoms with Crippen LogP contribution in [0.15, 0.2) is 0 Å². The van der Waals surface area contributed by atoms with Crippen molar-refractivity contribution in [2.24, 2.45) is 5.92 Å². The number of carbonyl (C=O) groups is 1. The molecular formula is C13H24N2O2. The molecular weight excluding hydrogens is 216 g/mol. The van der Waals surface area contributed by atoms with Crippen LogP contribution in [0.1, 0.15) is 46.5 Å². The molecule has 0 bridgehead atoms. The van der Waals surface area contributed by atoms with Gasteiger partial charge in [-0.3, -0.25) is 0 Å². The lowest BCUT2D eigenvalue weighted by atomic mass is 9.95. The van der Waals surface area contributed by atoms with E-state index in [4.69, 9.17) is 4.74 Å². The fourth-order valence-electron chi connectivity index (χ4n) is 2.48. The number of ether oxygens (including phenoxy) is 1. The van der Waals surface area contributed by atoms with E-state index in [-0.39, 0.29) is 12.1 Å². The van der Waals surface area contributed by atoms with Crippen LogP contribution in [0.4, 0.5) is 4.79 Å². The van der Waals surface area contributed by atoms with E-state index in [2.05, 4.69) is 10.6 Å². The van der Waals surface area contributed by atoms with Gasteiger partial charge in [0.25, 0.3) is 0 Å². The number of rotatable bonds is 2. The molecule has 0 spiro atoms. The number of carbonyl (C=O) groups excluding carboxylic acids is 1. The zero-order valence-corrected chi connectivity index (χ0v) is 11.1. The molecule has 0 aromatic heterocycles. The minimum absolute atomic E-state index is 0.242. The number of amides is 1. The van der Waals surface area contributed by atoms with Gasteiger partial charge in [0.15, 0.2) is 0 Å². The van der Waals surface area contributed by atoms with E-state index in [0.29, 0.717) is 6.04 Å². The van der Waals surface area contributed by atoms with Crippen molar-refractivity contribution in [2.75, 3.05) is 6.54 Å². The van der Waals surface area contributed by atoms with Crippen LogP contribution < -0.4 is 10.6 Å². The zero-order valence-electron chi connectivity index (χ0n) is 11.1. The Morgan fingerprint density at radius 1 is 1.29 bits per heavy atom. The van der Waals surface area contributed by atoms with E-state index in [9.17, 15) is 4.79 Å². The summed E-state index contributed by atoms with van der Waals surface area (Å²) in [7, 11) is 0. The minimum atomic E-state index is -0.415. The molecule has 4 nitrogen and oxygen atoms in total. The lowest BCUT2D eigenvalue weighted by Crippen LogP contribution is -2.55. The highest BCUT2D eigenvalue weighted by Crippen LogP contribution is 2.36. The van der Waals surface area contributed by atoms with Gasteiger partial charge in [0.2, 0.25) is 0 Å². The van der Waals surface area contributed by atoms with E-state index >= 15 is 0 Å². The Hall–Kier alpha value is -0.770. The Balaban J connectivity index is 1.85. The summed E-state index contributed by atoms with van der Waals surface area (Å²) in [6, 6.07) is 0.697. The van der Waals surface area contributed by atoms with Gasteiger partial charge in [0, 0.05) is 12.1 Å². The van der Waals surface area contributed by atoms with Crippen LogP contribution in [0.25, 0.3) is 0 Å². The Labute approximate surface area is 103 Å². The van der Waals surface area contributed by atoms with Gasteiger partial charge in [0.1, 0.15) is 5.60 Å². The second-order valence-corrected chi connectivity index (χ2v) is 6.21. The van der Waals surface area contributed by atoms with Gasteiger partial charge in [-0.15, -0.1) is 0 Å². The van der Waals surface area contributed by atoms with Crippen molar-refractivity contribution < 1.29 is 9.53 Å². The van der Waals surface area contributed by atoms with Crippen molar-refractivity contribution in [1.82, 2.24) is 10.6 Å². The average molecular weight is 240 g/mol. The lowest BCUT2D eigenvalue weighted by molar-refractivity contribution is 0.0477. The second kappa shape index (κ2) is 4.84. The van der Waals surface area contributed by atoms with Crippen LogP contribution >= 0.6 is 0 Å². The smallest absolute Gasteiger partial charge is 0.407 e. The largest absolute Gasteiger partial charge is 0.444 e. The fourth-order valence-corrected chi connectivity index (χ4v) is 2.48. The molecule has 2 atom stereocenters. The summed E-state index contributed by atoms with van der Waals surface area (Å²) in [5, 5.41) is 6.55. The summed E-state index contributed by atoms with van der Waals surface area (Å²) in [5.41, 5.74) is -0.415. The molecule has 2 aliphatic rings. The highest BCUT2D eigenvalue weighted by Gasteiger charge is 2.38. The number of piperidine rings is 1. The molecule has 98 valence electrons. The van der Waals surface area contributed by atoms with E-state index in [0.717, 1.165) is 25.3 Å². The van der Waals surface area contributed by atoms with E-state index < -0.39 is 5.60 Å². The van der Waals surface area contributed by atoms with Gasteiger partial charge in [-0.2, -0.15) is 0 Å². The van der Waals surface area contributed by atoms with Crippen LogP contribution in [-0.2, 0) is 4.74 Å². The summed E-state index contributed by atoms with van der Waals surface area (Å²) < 4.78 is 5.31. The molecule has 1 aliphatic carbocycles. The Morgan fingerprint density at radius 3 is 2.59 bits per heavy atom. The first-order chi connectivity index (χ1) is 7.96. The maximum absolute atomic E-state index is 11.8. The SMILES string of the molecule is CC(C)(C)OC(=O)NC1CCCNC1C1CC1. The standard InChI is InChI=1S/C13H24N2O2/c1-13(2,3)17-12(16)15-10-5-4-8-14-11(10)9-6-7-9/h9-11,14H,4-8H2,1-3H3,(H,15,16). The summed E-state index contributed by atoms with van der Waals surface area (Å²) in [6.45, 7) is 6.76. The van der Waals surface area contributed by atoms with Crippen molar-refractivity contribution >= 4 is 6.09 Å².